The number of benzene rings is 1. The van der Waals surface area contributed by atoms with Crippen LogP contribution in [-0.4, -0.2) is 4.98 Å². The third-order valence-electron chi connectivity index (χ3n) is 2.24. The molecule has 14 heavy (non-hydrogen) atoms. The standard InChI is InChI=1S/C10H9NO3/c1-5-3-4-6(2)8-7(5)9(12)14-10(13)11-8/h3-4H,1-2H3,(H,11,13). The van der Waals surface area contributed by atoms with Crippen LogP contribution >= 0.6 is 0 Å². The lowest BCUT2D eigenvalue weighted by atomic mass is 10.1. The van der Waals surface area contributed by atoms with Crippen LogP contribution in [0.15, 0.2) is 26.1 Å². The van der Waals surface area contributed by atoms with E-state index in [1.807, 2.05) is 19.1 Å². The highest BCUT2D eigenvalue weighted by atomic mass is 16.4. The van der Waals surface area contributed by atoms with E-state index in [-0.39, 0.29) is 0 Å². The quantitative estimate of drug-likeness (QED) is 0.678. The van der Waals surface area contributed by atoms with Crippen LogP contribution < -0.4 is 11.4 Å². The van der Waals surface area contributed by atoms with E-state index in [4.69, 9.17) is 0 Å². The largest absolute Gasteiger partial charge is 0.419 e. The molecule has 0 radical (unpaired) electrons. The monoisotopic (exact) mass is 191 g/mol. The Morgan fingerprint density at radius 1 is 1.14 bits per heavy atom. The summed E-state index contributed by atoms with van der Waals surface area (Å²) in [7, 11) is 0. The molecule has 0 atom stereocenters. The molecule has 0 saturated carbocycles. The van der Waals surface area contributed by atoms with E-state index < -0.39 is 11.4 Å². The third-order valence-corrected chi connectivity index (χ3v) is 2.24. The number of aromatic nitrogens is 1. The number of H-pyrrole nitrogens is 1. The summed E-state index contributed by atoms with van der Waals surface area (Å²) >= 11 is 0. The number of aryl methyl sites for hydroxylation is 2. The van der Waals surface area contributed by atoms with Crippen LogP contribution in [0.4, 0.5) is 0 Å². The number of hydrogen-bond acceptors (Lipinski definition) is 3. The summed E-state index contributed by atoms with van der Waals surface area (Å²) in [5.41, 5.74) is 1.64. The van der Waals surface area contributed by atoms with Gasteiger partial charge in [0, 0.05) is 0 Å². The van der Waals surface area contributed by atoms with Crippen molar-refractivity contribution in [3.8, 4) is 0 Å². The smallest absolute Gasteiger partial charge is 0.372 e. The molecule has 1 N–H and O–H groups in total. The van der Waals surface area contributed by atoms with E-state index in [0.29, 0.717) is 10.9 Å². The molecule has 0 amide bonds. The number of hydrogen-bond donors (Lipinski definition) is 1. The van der Waals surface area contributed by atoms with E-state index in [0.717, 1.165) is 11.1 Å². The molecule has 1 aromatic carbocycles. The minimum absolute atomic E-state index is 0.449. The minimum atomic E-state index is -0.712. The van der Waals surface area contributed by atoms with E-state index in [2.05, 4.69) is 9.40 Å². The third kappa shape index (κ3) is 1.16. The molecule has 0 fully saturated rings. The number of aromatic amines is 1. The molecule has 1 aromatic heterocycles. The fourth-order valence-corrected chi connectivity index (χ4v) is 1.50. The highest BCUT2D eigenvalue weighted by molar-refractivity contribution is 5.83. The number of fused-ring (bicyclic) bond motifs is 1. The normalized spacial score (nSPS) is 10.7. The Labute approximate surface area is 79.2 Å². The average molecular weight is 191 g/mol. The predicted octanol–water partition coefficient (Wildman–Crippen LogP) is 1.10. The molecular formula is C10H9NO3. The zero-order valence-corrected chi connectivity index (χ0v) is 7.88. The Morgan fingerprint density at radius 2 is 1.79 bits per heavy atom. The number of rotatable bonds is 0. The van der Waals surface area contributed by atoms with E-state index in [1.54, 1.807) is 6.92 Å². The van der Waals surface area contributed by atoms with Crippen LogP contribution in [0.5, 0.6) is 0 Å². The second-order valence-electron chi connectivity index (χ2n) is 3.25. The van der Waals surface area contributed by atoms with Crippen molar-refractivity contribution in [2.24, 2.45) is 0 Å². The Balaban J connectivity index is 3.16. The van der Waals surface area contributed by atoms with Gasteiger partial charge in [-0.3, -0.25) is 4.98 Å². The van der Waals surface area contributed by atoms with Gasteiger partial charge in [-0.05, 0) is 25.0 Å². The Bertz CT molecular complexity index is 607. The highest BCUT2D eigenvalue weighted by Gasteiger charge is 2.07. The highest BCUT2D eigenvalue weighted by Crippen LogP contribution is 2.14. The fraction of sp³-hybridized carbons (Fsp3) is 0.200. The van der Waals surface area contributed by atoms with Gasteiger partial charge in [-0.2, -0.15) is 0 Å². The van der Waals surface area contributed by atoms with E-state index >= 15 is 0 Å². The minimum Gasteiger partial charge on any atom is -0.372 e. The fourth-order valence-electron chi connectivity index (χ4n) is 1.50. The molecule has 0 spiro atoms. The maximum atomic E-state index is 11.4. The summed E-state index contributed by atoms with van der Waals surface area (Å²) in [4.78, 5) is 24.8. The topological polar surface area (TPSA) is 63.1 Å². The number of nitrogens with one attached hydrogen (secondary N) is 1. The SMILES string of the molecule is Cc1ccc(C)c2c(=O)oc(=O)[nH]c12. The molecule has 4 nitrogen and oxygen atoms in total. The summed E-state index contributed by atoms with van der Waals surface area (Å²) in [5.74, 6) is -0.712. The predicted molar refractivity (Wildman–Crippen MR) is 52.6 cm³/mol. The second-order valence-corrected chi connectivity index (χ2v) is 3.25. The Hall–Kier alpha value is -1.84. The zero-order chi connectivity index (χ0) is 10.3. The molecule has 72 valence electrons. The lowest BCUT2D eigenvalue weighted by molar-refractivity contribution is 0.459. The van der Waals surface area contributed by atoms with Gasteiger partial charge in [-0.1, -0.05) is 12.1 Å². The molecule has 0 bridgehead atoms. The van der Waals surface area contributed by atoms with Crippen LogP contribution in [-0.2, 0) is 0 Å². The van der Waals surface area contributed by atoms with Crippen LogP contribution in [0.1, 0.15) is 11.1 Å². The zero-order valence-electron chi connectivity index (χ0n) is 7.88. The van der Waals surface area contributed by atoms with Gasteiger partial charge < -0.3 is 4.42 Å². The molecular weight excluding hydrogens is 182 g/mol. The lowest BCUT2D eigenvalue weighted by Gasteiger charge is -2.01. The van der Waals surface area contributed by atoms with Gasteiger partial charge in [0.25, 0.3) is 0 Å². The van der Waals surface area contributed by atoms with Gasteiger partial charge in [-0.15, -0.1) is 0 Å². The summed E-state index contributed by atoms with van der Waals surface area (Å²) in [6.07, 6.45) is 0. The van der Waals surface area contributed by atoms with Gasteiger partial charge in [0.1, 0.15) is 0 Å². The van der Waals surface area contributed by atoms with Crippen molar-refractivity contribution in [1.29, 1.82) is 0 Å². The molecule has 0 aliphatic carbocycles. The van der Waals surface area contributed by atoms with Crippen molar-refractivity contribution in [2.45, 2.75) is 13.8 Å². The lowest BCUT2D eigenvalue weighted by Crippen LogP contribution is -2.15. The van der Waals surface area contributed by atoms with Gasteiger partial charge >= 0.3 is 11.4 Å². The summed E-state index contributed by atoms with van der Waals surface area (Å²) in [6, 6.07) is 3.68. The van der Waals surface area contributed by atoms with Crippen molar-refractivity contribution in [3.05, 3.63) is 44.2 Å². The van der Waals surface area contributed by atoms with Crippen LogP contribution in [0.3, 0.4) is 0 Å². The van der Waals surface area contributed by atoms with Crippen molar-refractivity contribution < 1.29 is 4.42 Å². The average Bonchev–Trinajstić information content (AvgIpc) is 2.10. The van der Waals surface area contributed by atoms with Gasteiger partial charge in [-0.25, -0.2) is 9.59 Å². The van der Waals surface area contributed by atoms with Crippen molar-refractivity contribution in [3.63, 3.8) is 0 Å². The summed E-state index contributed by atoms with van der Waals surface area (Å²) < 4.78 is 4.46. The van der Waals surface area contributed by atoms with E-state index in [1.165, 1.54) is 0 Å². The van der Waals surface area contributed by atoms with Crippen molar-refractivity contribution >= 4 is 10.9 Å². The molecule has 0 unspecified atom stereocenters. The van der Waals surface area contributed by atoms with Crippen molar-refractivity contribution in [1.82, 2.24) is 4.98 Å². The molecule has 2 aromatic rings. The molecule has 4 heteroatoms. The maximum Gasteiger partial charge on any atom is 0.419 e. The van der Waals surface area contributed by atoms with Crippen LogP contribution in [0.2, 0.25) is 0 Å². The first-order chi connectivity index (χ1) is 6.59. The summed E-state index contributed by atoms with van der Waals surface area (Å²) in [5, 5.41) is 0.449. The first-order valence-corrected chi connectivity index (χ1v) is 4.23. The molecule has 0 aliphatic rings. The Kier molecular flexibility index (Phi) is 1.77. The molecule has 2 rings (SSSR count). The van der Waals surface area contributed by atoms with Gasteiger partial charge in [0.2, 0.25) is 0 Å². The maximum absolute atomic E-state index is 11.4. The van der Waals surface area contributed by atoms with Crippen LogP contribution in [0.25, 0.3) is 10.9 Å². The molecule has 1 heterocycles. The van der Waals surface area contributed by atoms with E-state index in [9.17, 15) is 9.59 Å². The first kappa shape index (κ1) is 8.74. The van der Waals surface area contributed by atoms with Crippen molar-refractivity contribution in [2.75, 3.05) is 0 Å². The second kappa shape index (κ2) is 2.83. The van der Waals surface area contributed by atoms with Gasteiger partial charge in [0.15, 0.2) is 0 Å². The van der Waals surface area contributed by atoms with Crippen LogP contribution in [0, 0.1) is 13.8 Å². The molecule has 0 aliphatic heterocycles. The molecule has 0 saturated heterocycles. The summed E-state index contributed by atoms with van der Waals surface area (Å²) in [6.45, 7) is 3.63. The first-order valence-electron chi connectivity index (χ1n) is 4.23. The Morgan fingerprint density at radius 3 is 2.50 bits per heavy atom. The van der Waals surface area contributed by atoms with Gasteiger partial charge in [0.05, 0.1) is 10.9 Å².